The normalized spacial score (nSPS) is 16.2. The summed E-state index contributed by atoms with van der Waals surface area (Å²) in [6.45, 7) is 7.54. The van der Waals surface area contributed by atoms with E-state index >= 15 is 0 Å². The first-order valence-corrected chi connectivity index (χ1v) is 6.46. The number of hydrogen-bond acceptors (Lipinski definition) is 4. The molecule has 14 heavy (non-hydrogen) atoms. The molecule has 1 unspecified atom stereocenters. The Balaban J connectivity index is 4.30. The van der Waals surface area contributed by atoms with Crippen LogP contribution in [0, 0.1) is 0 Å². The van der Waals surface area contributed by atoms with Crippen LogP contribution in [0.3, 0.4) is 0 Å². The third kappa shape index (κ3) is 5.11. The molecule has 0 spiro atoms. The van der Waals surface area contributed by atoms with Crippen molar-refractivity contribution in [1.82, 2.24) is 0 Å². The first-order valence-electron chi connectivity index (χ1n) is 5.00. The molecule has 1 atom stereocenters. The van der Waals surface area contributed by atoms with Crippen molar-refractivity contribution in [2.45, 2.75) is 52.7 Å². The Labute approximate surface area is 86.5 Å². The lowest BCUT2D eigenvalue weighted by molar-refractivity contribution is 0.0699. The van der Waals surface area contributed by atoms with Crippen LogP contribution in [0.1, 0.15) is 40.5 Å². The van der Waals surface area contributed by atoms with Crippen molar-refractivity contribution in [2.24, 2.45) is 0 Å². The van der Waals surface area contributed by atoms with Crippen LogP contribution in [0.4, 0.5) is 0 Å². The monoisotopic (exact) mass is 224 g/mol. The van der Waals surface area contributed by atoms with Crippen LogP contribution in [0.2, 0.25) is 0 Å². The second-order valence-corrected chi connectivity index (χ2v) is 5.01. The summed E-state index contributed by atoms with van der Waals surface area (Å²) in [5.74, 6) is 0. The van der Waals surface area contributed by atoms with Crippen LogP contribution in [0.15, 0.2) is 0 Å². The van der Waals surface area contributed by atoms with Crippen LogP contribution in [0.5, 0.6) is 0 Å². The van der Waals surface area contributed by atoms with Gasteiger partial charge in [0.05, 0.1) is 12.2 Å². The number of phosphoric acid groups is 1. The molecule has 4 nitrogen and oxygen atoms in total. The third-order valence-corrected chi connectivity index (χ3v) is 3.44. The van der Waals surface area contributed by atoms with E-state index < -0.39 is 7.82 Å². The Kier molecular flexibility index (Phi) is 6.62. The maximum absolute atomic E-state index is 11.9. The molecule has 0 rings (SSSR count). The summed E-state index contributed by atoms with van der Waals surface area (Å²) in [5, 5.41) is 0. The van der Waals surface area contributed by atoms with Crippen molar-refractivity contribution in [1.29, 1.82) is 0 Å². The number of phosphoric ester groups is 1. The fourth-order valence-corrected chi connectivity index (χ4v) is 2.39. The van der Waals surface area contributed by atoms with Gasteiger partial charge in [-0.15, -0.1) is 0 Å². The number of hydrogen-bond donors (Lipinski definition) is 0. The van der Waals surface area contributed by atoms with E-state index in [2.05, 4.69) is 0 Å². The van der Waals surface area contributed by atoms with Gasteiger partial charge in [-0.05, 0) is 26.7 Å². The molecule has 0 aromatic heterocycles. The molecular weight excluding hydrogens is 203 g/mol. The second kappa shape index (κ2) is 6.57. The molecular formula is C9H21O4P. The summed E-state index contributed by atoms with van der Waals surface area (Å²) in [6.07, 6.45) is 1.35. The lowest BCUT2D eigenvalue weighted by Gasteiger charge is -2.22. The van der Waals surface area contributed by atoms with Gasteiger partial charge in [0, 0.05) is 7.11 Å². The van der Waals surface area contributed by atoms with Crippen molar-refractivity contribution < 1.29 is 18.1 Å². The standard InChI is InChI=1S/C9H21O4P/c1-6-9(7-2)13-14(10,11-5)12-8(3)4/h8-9H,6-7H2,1-5H3. The van der Waals surface area contributed by atoms with Gasteiger partial charge in [0.25, 0.3) is 0 Å². The lowest BCUT2D eigenvalue weighted by Crippen LogP contribution is -2.12. The first kappa shape index (κ1) is 14.1. The molecule has 0 aromatic carbocycles. The van der Waals surface area contributed by atoms with Crippen LogP contribution < -0.4 is 0 Å². The van der Waals surface area contributed by atoms with Gasteiger partial charge in [-0.2, -0.15) is 0 Å². The van der Waals surface area contributed by atoms with Gasteiger partial charge in [-0.1, -0.05) is 13.8 Å². The zero-order chi connectivity index (χ0) is 11.2. The SMILES string of the molecule is CCC(CC)OP(=O)(OC)OC(C)C. The minimum atomic E-state index is -3.35. The van der Waals surface area contributed by atoms with E-state index in [9.17, 15) is 4.57 Å². The van der Waals surface area contributed by atoms with Crippen LogP contribution in [-0.2, 0) is 18.1 Å². The van der Waals surface area contributed by atoms with Gasteiger partial charge in [0.15, 0.2) is 0 Å². The zero-order valence-corrected chi connectivity index (χ0v) is 10.5. The van der Waals surface area contributed by atoms with Gasteiger partial charge in [0.1, 0.15) is 0 Å². The predicted molar refractivity (Wildman–Crippen MR) is 56.3 cm³/mol. The highest BCUT2D eigenvalue weighted by molar-refractivity contribution is 7.48. The summed E-state index contributed by atoms with van der Waals surface area (Å²) in [4.78, 5) is 0. The summed E-state index contributed by atoms with van der Waals surface area (Å²) in [6, 6.07) is 0. The van der Waals surface area contributed by atoms with Crippen LogP contribution in [0.25, 0.3) is 0 Å². The summed E-state index contributed by atoms with van der Waals surface area (Å²) in [5.41, 5.74) is 0. The highest BCUT2D eigenvalue weighted by Gasteiger charge is 2.29. The molecule has 0 radical (unpaired) electrons. The van der Waals surface area contributed by atoms with Gasteiger partial charge in [-0.3, -0.25) is 13.6 Å². The maximum Gasteiger partial charge on any atom is 0.475 e. The van der Waals surface area contributed by atoms with E-state index in [0.29, 0.717) is 0 Å². The molecule has 0 N–H and O–H groups in total. The average Bonchev–Trinajstić information content (AvgIpc) is 2.13. The van der Waals surface area contributed by atoms with E-state index in [1.807, 2.05) is 13.8 Å². The Bertz CT molecular complexity index is 189. The molecule has 0 heterocycles. The van der Waals surface area contributed by atoms with Crippen LogP contribution >= 0.6 is 7.82 Å². The van der Waals surface area contributed by atoms with Crippen molar-refractivity contribution in [3.05, 3.63) is 0 Å². The summed E-state index contributed by atoms with van der Waals surface area (Å²) < 4.78 is 27.1. The molecule has 0 saturated heterocycles. The highest BCUT2D eigenvalue weighted by atomic mass is 31.2. The molecule has 0 amide bonds. The van der Waals surface area contributed by atoms with Crippen LogP contribution in [-0.4, -0.2) is 19.3 Å². The molecule has 0 aliphatic heterocycles. The minimum Gasteiger partial charge on any atom is -0.290 e. The number of rotatable bonds is 7. The fraction of sp³-hybridized carbons (Fsp3) is 1.00. The molecule has 0 aromatic rings. The van der Waals surface area contributed by atoms with Crippen molar-refractivity contribution in [2.75, 3.05) is 7.11 Å². The predicted octanol–water partition coefficient (Wildman–Crippen LogP) is 3.37. The van der Waals surface area contributed by atoms with E-state index in [-0.39, 0.29) is 12.2 Å². The first-order chi connectivity index (χ1) is 6.47. The fourth-order valence-electron chi connectivity index (χ4n) is 0.989. The molecule has 0 aliphatic carbocycles. The molecule has 0 aliphatic rings. The summed E-state index contributed by atoms with van der Waals surface area (Å²) >= 11 is 0. The lowest BCUT2D eigenvalue weighted by atomic mass is 10.2. The van der Waals surface area contributed by atoms with E-state index in [0.717, 1.165) is 12.8 Å². The van der Waals surface area contributed by atoms with E-state index in [1.54, 1.807) is 13.8 Å². The van der Waals surface area contributed by atoms with Crippen molar-refractivity contribution >= 4 is 7.82 Å². The van der Waals surface area contributed by atoms with Gasteiger partial charge >= 0.3 is 7.82 Å². The topological polar surface area (TPSA) is 44.8 Å². The quantitative estimate of drug-likeness (QED) is 0.622. The maximum atomic E-state index is 11.9. The molecule has 0 saturated carbocycles. The molecule has 86 valence electrons. The Morgan fingerprint density at radius 3 is 1.93 bits per heavy atom. The van der Waals surface area contributed by atoms with Crippen molar-refractivity contribution in [3.8, 4) is 0 Å². The third-order valence-electron chi connectivity index (χ3n) is 1.75. The van der Waals surface area contributed by atoms with Gasteiger partial charge in [-0.25, -0.2) is 4.57 Å². The second-order valence-electron chi connectivity index (χ2n) is 3.33. The van der Waals surface area contributed by atoms with Gasteiger partial charge in [0.2, 0.25) is 0 Å². The Morgan fingerprint density at radius 1 is 1.14 bits per heavy atom. The summed E-state index contributed by atoms with van der Waals surface area (Å²) in [7, 11) is -2.01. The van der Waals surface area contributed by atoms with E-state index in [1.165, 1.54) is 7.11 Å². The highest BCUT2D eigenvalue weighted by Crippen LogP contribution is 2.51. The Hall–Kier alpha value is 0.110. The molecule has 0 fully saturated rings. The van der Waals surface area contributed by atoms with Gasteiger partial charge < -0.3 is 0 Å². The molecule has 5 heteroatoms. The largest absolute Gasteiger partial charge is 0.475 e. The zero-order valence-electron chi connectivity index (χ0n) is 9.65. The molecule has 0 bridgehead atoms. The smallest absolute Gasteiger partial charge is 0.290 e. The van der Waals surface area contributed by atoms with Crippen molar-refractivity contribution in [3.63, 3.8) is 0 Å². The Morgan fingerprint density at radius 2 is 1.64 bits per heavy atom. The minimum absolute atomic E-state index is 0.0699. The van der Waals surface area contributed by atoms with E-state index in [4.69, 9.17) is 13.6 Å². The average molecular weight is 224 g/mol.